The normalized spacial score (nSPS) is 10.4. The Morgan fingerprint density at radius 3 is 2.42 bits per heavy atom. The predicted molar refractivity (Wildman–Crippen MR) is 89.7 cm³/mol. The highest BCUT2D eigenvalue weighted by Crippen LogP contribution is 2.32. The number of benzene rings is 2. The Balaban J connectivity index is 1.88. The number of hydrogen-bond donors (Lipinski definition) is 1. The van der Waals surface area contributed by atoms with E-state index in [9.17, 15) is 9.18 Å². The standard InChI is InChI=1S/C18H12ClFN2O2/c19-15-10-13(24-12-6-4-11(20)5-7-12)8-9-14(15)16-2-1-3-17(22-16)18(21)23/h1-10H,(H2,21,23). The van der Waals surface area contributed by atoms with Crippen LogP contribution in [0.5, 0.6) is 11.5 Å². The number of carbonyl (C=O) groups excluding carboxylic acids is 1. The van der Waals surface area contributed by atoms with Crippen molar-refractivity contribution >= 4 is 17.5 Å². The smallest absolute Gasteiger partial charge is 0.267 e. The van der Waals surface area contributed by atoms with Crippen LogP contribution in [0.15, 0.2) is 60.7 Å². The molecule has 0 spiro atoms. The molecule has 24 heavy (non-hydrogen) atoms. The molecule has 0 saturated heterocycles. The summed E-state index contributed by atoms with van der Waals surface area (Å²) in [6.45, 7) is 0. The topological polar surface area (TPSA) is 65.2 Å². The Kier molecular flexibility index (Phi) is 4.44. The number of nitrogens with zero attached hydrogens (tertiary/aromatic N) is 1. The lowest BCUT2D eigenvalue weighted by Gasteiger charge is -2.09. The van der Waals surface area contributed by atoms with Gasteiger partial charge in [0, 0.05) is 11.6 Å². The molecule has 0 aliphatic carbocycles. The van der Waals surface area contributed by atoms with Crippen molar-refractivity contribution in [2.45, 2.75) is 0 Å². The van der Waals surface area contributed by atoms with E-state index in [2.05, 4.69) is 4.98 Å². The lowest BCUT2D eigenvalue weighted by molar-refractivity contribution is 0.0995. The molecule has 0 radical (unpaired) electrons. The first-order valence-corrected chi connectivity index (χ1v) is 7.41. The van der Waals surface area contributed by atoms with Crippen LogP contribution < -0.4 is 10.5 Å². The number of carbonyl (C=O) groups is 1. The van der Waals surface area contributed by atoms with E-state index in [1.54, 1.807) is 30.3 Å². The van der Waals surface area contributed by atoms with Crippen LogP contribution in [0.25, 0.3) is 11.3 Å². The number of nitrogens with two attached hydrogens (primary N) is 1. The molecule has 0 atom stereocenters. The molecule has 0 aliphatic heterocycles. The minimum Gasteiger partial charge on any atom is -0.457 e. The zero-order valence-corrected chi connectivity index (χ0v) is 13.1. The minimum absolute atomic E-state index is 0.162. The Morgan fingerprint density at radius 2 is 1.75 bits per heavy atom. The molecule has 1 aromatic heterocycles. The number of halogens is 2. The molecule has 0 fully saturated rings. The highest BCUT2D eigenvalue weighted by Gasteiger charge is 2.10. The molecule has 0 unspecified atom stereocenters. The van der Waals surface area contributed by atoms with Crippen molar-refractivity contribution in [2.75, 3.05) is 0 Å². The van der Waals surface area contributed by atoms with Gasteiger partial charge in [0.05, 0.1) is 10.7 Å². The third-order valence-corrected chi connectivity index (χ3v) is 3.58. The summed E-state index contributed by atoms with van der Waals surface area (Å²) in [4.78, 5) is 15.4. The van der Waals surface area contributed by atoms with Crippen LogP contribution in [0.4, 0.5) is 4.39 Å². The maximum Gasteiger partial charge on any atom is 0.267 e. The number of amides is 1. The van der Waals surface area contributed by atoms with Crippen LogP contribution in [0.1, 0.15) is 10.5 Å². The second kappa shape index (κ2) is 6.68. The first-order valence-electron chi connectivity index (χ1n) is 7.03. The van der Waals surface area contributed by atoms with E-state index in [-0.39, 0.29) is 11.5 Å². The summed E-state index contributed by atoms with van der Waals surface area (Å²) in [7, 11) is 0. The number of pyridine rings is 1. The molecule has 120 valence electrons. The molecule has 0 bridgehead atoms. The lowest BCUT2D eigenvalue weighted by atomic mass is 10.1. The maximum absolute atomic E-state index is 12.9. The summed E-state index contributed by atoms with van der Waals surface area (Å²) < 4.78 is 18.5. The average Bonchev–Trinajstić information content (AvgIpc) is 2.57. The van der Waals surface area contributed by atoms with Crippen molar-refractivity contribution in [3.8, 4) is 22.8 Å². The van der Waals surface area contributed by atoms with Gasteiger partial charge in [-0.2, -0.15) is 0 Å². The van der Waals surface area contributed by atoms with Crippen molar-refractivity contribution in [1.29, 1.82) is 0 Å². The fourth-order valence-electron chi connectivity index (χ4n) is 2.13. The Hall–Kier alpha value is -2.92. The van der Waals surface area contributed by atoms with E-state index in [0.717, 1.165) is 0 Å². The largest absolute Gasteiger partial charge is 0.457 e. The van der Waals surface area contributed by atoms with Gasteiger partial charge < -0.3 is 10.5 Å². The predicted octanol–water partition coefficient (Wildman–Crippen LogP) is 4.43. The monoisotopic (exact) mass is 342 g/mol. The average molecular weight is 343 g/mol. The summed E-state index contributed by atoms with van der Waals surface area (Å²) in [6.07, 6.45) is 0. The number of aromatic nitrogens is 1. The van der Waals surface area contributed by atoms with E-state index < -0.39 is 5.91 Å². The van der Waals surface area contributed by atoms with Gasteiger partial charge in [-0.15, -0.1) is 0 Å². The van der Waals surface area contributed by atoms with E-state index in [4.69, 9.17) is 22.1 Å². The number of rotatable bonds is 4. The van der Waals surface area contributed by atoms with Gasteiger partial charge in [0.25, 0.3) is 5.91 Å². The fourth-order valence-corrected chi connectivity index (χ4v) is 2.40. The van der Waals surface area contributed by atoms with Gasteiger partial charge in [-0.3, -0.25) is 4.79 Å². The van der Waals surface area contributed by atoms with Crippen LogP contribution in [0.3, 0.4) is 0 Å². The molecule has 6 heteroatoms. The summed E-state index contributed by atoms with van der Waals surface area (Å²) in [5, 5.41) is 0.406. The van der Waals surface area contributed by atoms with Gasteiger partial charge in [-0.1, -0.05) is 17.7 Å². The van der Waals surface area contributed by atoms with E-state index in [1.807, 2.05) is 0 Å². The molecule has 1 heterocycles. The molecule has 2 aromatic carbocycles. The van der Waals surface area contributed by atoms with Crippen molar-refractivity contribution < 1.29 is 13.9 Å². The quantitative estimate of drug-likeness (QED) is 0.762. The van der Waals surface area contributed by atoms with Gasteiger partial charge in [0.15, 0.2) is 0 Å². The Bertz CT molecular complexity index is 898. The molecule has 0 aliphatic rings. The molecular formula is C18H12ClFN2O2. The molecule has 0 saturated carbocycles. The van der Waals surface area contributed by atoms with E-state index in [0.29, 0.717) is 27.8 Å². The van der Waals surface area contributed by atoms with Crippen LogP contribution in [-0.4, -0.2) is 10.9 Å². The van der Waals surface area contributed by atoms with Gasteiger partial charge in [-0.05, 0) is 48.5 Å². The van der Waals surface area contributed by atoms with Gasteiger partial charge in [0.2, 0.25) is 0 Å². The van der Waals surface area contributed by atoms with Gasteiger partial charge in [0.1, 0.15) is 23.0 Å². The third kappa shape index (κ3) is 3.52. The van der Waals surface area contributed by atoms with Crippen molar-refractivity contribution in [1.82, 2.24) is 4.98 Å². The van der Waals surface area contributed by atoms with Crippen molar-refractivity contribution in [3.05, 3.63) is 77.2 Å². The summed E-state index contributed by atoms with van der Waals surface area (Å²) >= 11 is 6.29. The summed E-state index contributed by atoms with van der Waals surface area (Å²) in [5.74, 6) is 0.0517. The maximum atomic E-state index is 12.9. The molecular weight excluding hydrogens is 331 g/mol. The molecule has 4 nitrogen and oxygen atoms in total. The number of primary amides is 1. The lowest BCUT2D eigenvalue weighted by Crippen LogP contribution is -2.13. The van der Waals surface area contributed by atoms with Crippen molar-refractivity contribution in [3.63, 3.8) is 0 Å². The molecule has 3 aromatic rings. The Morgan fingerprint density at radius 1 is 1.04 bits per heavy atom. The van der Waals surface area contributed by atoms with Crippen LogP contribution in [0, 0.1) is 5.82 Å². The second-order valence-electron chi connectivity index (χ2n) is 4.97. The molecule has 3 rings (SSSR count). The summed E-state index contributed by atoms with van der Waals surface area (Å²) in [5.41, 5.74) is 6.58. The second-order valence-corrected chi connectivity index (χ2v) is 5.38. The number of hydrogen-bond acceptors (Lipinski definition) is 3. The van der Waals surface area contributed by atoms with Gasteiger partial charge >= 0.3 is 0 Å². The highest BCUT2D eigenvalue weighted by atomic mass is 35.5. The van der Waals surface area contributed by atoms with Crippen molar-refractivity contribution in [2.24, 2.45) is 5.73 Å². The van der Waals surface area contributed by atoms with E-state index >= 15 is 0 Å². The third-order valence-electron chi connectivity index (χ3n) is 3.27. The minimum atomic E-state index is -0.607. The zero-order valence-electron chi connectivity index (χ0n) is 12.4. The highest BCUT2D eigenvalue weighted by molar-refractivity contribution is 6.33. The van der Waals surface area contributed by atoms with Crippen LogP contribution in [0.2, 0.25) is 5.02 Å². The Labute approximate surface area is 142 Å². The van der Waals surface area contributed by atoms with Gasteiger partial charge in [-0.25, -0.2) is 9.37 Å². The first kappa shape index (κ1) is 16.0. The summed E-state index contributed by atoms with van der Waals surface area (Å²) in [6, 6.07) is 15.7. The SMILES string of the molecule is NC(=O)c1cccc(-c2ccc(Oc3ccc(F)cc3)cc2Cl)n1. The van der Waals surface area contributed by atoms with E-state index in [1.165, 1.54) is 30.3 Å². The zero-order chi connectivity index (χ0) is 17.1. The number of ether oxygens (including phenoxy) is 1. The first-order chi connectivity index (χ1) is 11.5. The fraction of sp³-hybridized carbons (Fsp3) is 0. The van der Waals surface area contributed by atoms with Crippen LogP contribution in [-0.2, 0) is 0 Å². The molecule has 1 amide bonds. The molecule has 2 N–H and O–H groups in total. The van der Waals surface area contributed by atoms with Crippen LogP contribution >= 0.6 is 11.6 Å².